The van der Waals surface area contributed by atoms with Gasteiger partial charge in [0.25, 0.3) is 0 Å². The molecule has 0 atom stereocenters. The van der Waals surface area contributed by atoms with E-state index in [2.05, 4.69) is 15.4 Å². The second-order valence-electron chi connectivity index (χ2n) is 5.36. The van der Waals surface area contributed by atoms with Crippen LogP contribution in [0.15, 0.2) is 36.7 Å². The normalized spacial score (nSPS) is 11.6. The zero-order valence-electron chi connectivity index (χ0n) is 12.5. The van der Waals surface area contributed by atoms with Crippen LogP contribution < -0.4 is 5.32 Å². The highest BCUT2D eigenvalue weighted by atomic mass is 32.1. The maximum absolute atomic E-state index is 12.1. The number of nitrogens with one attached hydrogen (secondary N) is 1. The van der Waals surface area contributed by atoms with E-state index in [-0.39, 0.29) is 0 Å². The Morgan fingerprint density at radius 1 is 1.32 bits per heavy atom. The Morgan fingerprint density at radius 2 is 2.05 bits per heavy atom. The van der Waals surface area contributed by atoms with Gasteiger partial charge in [-0.25, -0.2) is 14.3 Å². The Balaban J connectivity index is 1.79. The molecule has 1 amide bonds. The number of aryl methyl sites for hydroxylation is 1. The number of ether oxygens (including phenoxy) is 1. The lowest BCUT2D eigenvalue weighted by Gasteiger charge is -2.24. The zero-order chi connectivity index (χ0) is 15.7. The molecule has 0 saturated carbocycles. The van der Waals surface area contributed by atoms with E-state index in [0.717, 1.165) is 15.5 Å². The third-order valence-corrected chi connectivity index (χ3v) is 4.72. The molecule has 0 aliphatic heterocycles. The minimum Gasteiger partial charge on any atom is -0.437 e. The lowest BCUT2D eigenvalue weighted by Crippen LogP contribution is -2.28. The Kier molecular flexibility index (Phi) is 3.58. The number of carbonyl (C=O) groups excluding carboxylic acids is 1. The highest BCUT2D eigenvalue weighted by Gasteiger charge is 2.31. The molecule has 2 heterocycles. The van der Waals surface area contributed by atoms with E-state index in [1.165, 1.54) is 17.7 Å². The van der Waals surface area contributed by atoms with Crippen molar-refractivity contribution in [3.63, 3.8) is 0 Å². The third-order valence-electron chi connectivity index (χ3n) is 3.27. The number of aromatic nitrogens is 3. The average Bonchev–Trinajstić information content (AvgIpc) is 3.03. The van der Waals surface area contributed by atoms with Crippen LogP contribution in [0.4, 0.5) is 10.5 Å². The van der Waals surface area contributed by atoms with Crippen LogP contribution in [0, 0.1) is 6.92 Å². The van der Waals surface area contributed by atoms with Crippen LogP contribution in [0.3, 0.4) is 0 Å². The van der Waals surface area contributed by atoms with Gasteiger partial charge in [0, 0.05) is 5.69 Å². The molecule has 22 heavy (non-hydrogen) atoms. The Morgan fingerprint density at radius 3 is 2.73 bits per heavy atom. The van der Waals surface area contributed by atoms with Gasteiger partial charge in [-0.15, -0.1) is 0 Å². The fraction of sp³-hybridized carbons (Fsp3) is 0.267. The molecule has 3 aromatic rings. The molecular weight excluding hydrogens is 300 g/mol. The standard InChI is InChI=1S/C15H16N4O2S/c1-10-12(22-13-16-9-17-19(10)13)15(2,3)21-14(20)18-11-7-5-4-6-8-11/h4-9H,1-3H3,(H,18,20). The number of nitrogens with zero attached hydrogens (tertiary/aromatic N) is 3. The van der Waals surface area contributed by atoms with Crippen LogP contribution in [-0.4, -0.2) is 20.7 Å². The van der Waals surface area contributed by atoms with Crippen molar-refractivity contribution in [3.05, 3.63) is 47.2 Å². The summed E-state index contributed by atoms with van der Waals surface area (Å²) in [7, 11) is 0. The highest BCUT2D eigenvalue weighted by molar-refractivity contribution is 7.17. The smallest absolute Gasteiger partial charge is 0.412 e. The maximum Gasteiger partial charge on any atom is 0.412 e. The summed E-state index contributed by atoms with van der Waals surface area (Å²) in [5.74, 6) is 0. The summed E-state index contributed by atoms with van der Waals surface area (Å²) in [4.78, 5) is 18.0. The molecule has 7 heteroatoms. The summed E-state index contributed by atoms with van der Waals surface area (Å²) in [5, 5.41) is 6.88. The van der Waals surface area contributed by atoms with Crippen LogP contribution in [0.1, 0.15) is 24.4 Å². The van der Waals surface area contributed by atoms with E-state index in [4.69, 9.17) is 4.74 Å². The van der Waals surface area contributed by atoms with Crippen molar-refractivity contribution >= 4 is 28.1 Å². The number of thiazole rings is 1. The SMILES string of the molecule is Cc1c(C(C)(C)OC(=O)Nc2ccccc2)sc2ncnn12. The summed E-state index contributed by atoms with van der Waals surface area (Å²) in [5.41, 5.74) is 0.855. The molecule has 2 aromatic heterocycles. The van der Waals surface area contributed by atoms with Crippen molar-refractivity contribution in [2.75, 3.05) is 5.32 Å². The van der Waals surface area contributed by atoms with Crippen LogP contribution in [0.5, 0.6) is 0 Å². The number of hydrogen-bond donors (Lipinski definition) is 1. The van der Waals surface area contributed by atoms with E-state index in [9.17, 15) is 4.79 Å². The van der Waals surface area contributed by atoms with Crippen LogP contribution in [0.25, 0.3) is 4.96 Å². The largest absolute Gasteiger partial charge is 0.437 e. The van der Waals surface area contributed by atoms with Gasteiger partial charge in [0.05, 0.1) is 10.6 Å². The van der Waals surface area contributed by atoms with Gasteiger partial charge in [-0.3, -0.25) is 5.32 Å². The van der Waals surface area contributed by atoms with Gasteiger partial charge in [-0.1, -0.05) is 29.5 Å². The quantitative estimate of drug-likeness (QED) is 0.802. The van der Waals surface area contributed by atoms with Gasteiger partial charge in [-0.05, 0) is 32.9 Å². The number of hydrogen-bond acceptors (Lipinski definition) is 5. The molecule has 0 bridgehead atoms. The topological polar surface area (TPSA) is 68.5 Å². The first-order chi connectivity index (χ1) is 10.5. The summed E-state index contributed by atoms with van der Waals surface area (Å²) in [6.07, 6.45) is 1.02. The minimum absolute atomic E-state index is 0.491. The predicted molar refractivity (Wildman–Crippen MR) is 85.2 cm³/mol. The molecular formula is C15H16N4O2S. The fourth-order valence-electron chi connectivity index (χ4n) is 2.29. The number of anilines is 1. The van der Waals surface area contributed by atoms with E-state index >= 15 is 0 Å². The van der Waals surface area contributed by atoms with Crippen LogP contribution in [0.2, 0.25) is 0 Å². The number of rotatable bonds is 3. The number of fused-ring (bicyclic) bond motifs is 1. The predicted octanol–water partition coefficient (Wildman–Crippen LogP) is 3.58. The highest BCUT2D eigenvalue weighted by Crippen LogP contribution is 2.34. The van der Waals surface area contributed by atoms with Gasteiger partial charge in [0.1, 0.15) is 11.9 Å². The average molecular weight is 316 g/mol. The first-order valence-corrected chi connectivity index (χ1v) is 7.64. The van der Waals surface area contributed by atoms with Crippen molar-refractivity contribution < 1.29 is 9.53 Å². The van der Waals surface area contributed by atoms with E-state index in [1.807, 2.05) is 51.1 Å². The van der Waals surface area contributed by atoms with Crippen molar-refractivity contribution in [3.8, 4) is 0 Å². The van der Waals surface area contributed by atoms with Crippen molar-refractivity contribution in [2.24, 2.45) is 0 Å². The van der Waals surface area contributed by atoms with Crippen LogP contribution >= 0.6 is 11.3 Å². The molecule has 0 unspecified atom stereocenters. The first-order valence-electron chi connectivity index (χ1n) is 6.82. The first kappa shape index (κ1) is 14.5. The minimum atomic E-state index is -0.768. The molecule has 0 fully saturated rings. The molecule has 1 aromatic carbocycles. The summed E-state index contributed by atoms with van der Waals surface area (Å²) < 4.78 is 7.35. The van der Waals surface area contributed by atoms with Gasteiger partial charge in [0.2, 0.25) is 4.96 Å². The van der Waals surface area contributed by atoms with Gasteiger partial charge < -0.3 is 4.74 Å². The number of para-hydroxylation sites is 1. The lowest BCUT2D eigenvalue weighted by atomic mass is 10.1. The van der Waals surface area contributed by atoms with Crippen molar-refractivity contribution in [2.45, 2.75) is 26.4 Å². The summed E-state index contributed by atoms with van der Waals surface area (Å²) in [6.45, 7) is 5.65. The number of amides is 1. The Bertz CT molecular complexity index is 807. The van der Waals surface area contributed by atoms with Crippen molar-refractivity contribution in [1.82, 2.24) is 14.6 Å². The molecule has 0 radical (unpaired) electrons. The Hall–Kier alpha value is -2.41. The second-order valence-corrected chi connectivity index (χ2v) is 6.34. The van der Waals surface area contributed by atoms with E-state index < -0.39 is 11.7 Å². The molecule has 114 valence electrons. The number of benzene rings is 1. The molecule has 0 aliphatic carbocycles. The molecule has 0 saturated heterocycles. The molecule has 6 nitrogen and oxygen atoms in total. The molecule has 0 aliphatic rings. The van der Waals surface area contributed by atoms with Gasteiger partial charge in [-0.2, -0.15) is 5.10 Å². The summed E-state index contributed by atoms with van der Waals surface area (Å²) in [6, 6.07) is 9.21. The van der Waals surface area contributed by atoms with Crippen molar-refractivity contribution in [1.29, 1.82) is 0 Å². The lowest BCUT2D eigenvalue weighted by molar-refractivity contribution is 0.0487. The zero-order valence-corrected chi connectivity index (χ0v) is 13.3. The molecule has 0 spiro atoms. The summed E-state index contributed by atoms with van der Waals surface area (Å²) >= 11 is 1.47. The van der Waals surface area contributed by atoms with Gasteiger partial charge >= 0.3 is 6.09 Å². The van der Waals surface area contributed by atoms with Crippen LogP contribution in [-0.2, 0) is 10.3 Å². The second kappa shape index (κ2) is 5.42. The van der Waals surface area contributed by atoms with E-state index in [0.29, 0.717) is 5.69 Å². The van der Waals surface area contributed by atoms with E-state index in [1.54, 1.807) is 4.52 Å². The fourth-order valence-corrected chi connectivity index (χ4v) is 3.37. The van der Waals surface area contributed by atoms with Gasteiger partial charge in [0.15, 0.2) is 0 Å². The number of carbonyl (C=O) groups is 1. The Labute approximate surface area is 131 Å². The third kappa shape index (κ3) is 2.67. The molecule has 3 rings (SSSR count). The maximum atomic E-state index is 12.1. The molecule has 1 N–H and O–H groups in total. The monoisotopic (exact) mass is 316 g/mol.